The summed E-state index contributed by atoms with van der Waals surface area (Å²) in [6.07, 6.45) is 2.24. The smallest absolute Gasteiger partial charge is 0.130 e. The van der Waals surface area contributed by atoms with Crippen LogP contribution in [0.25, 0.3) is 0 Å². The maximum atomic E-state index is 13.3. The minimum atomic E-state index is -0.486. The van der Waals surface area contributed by atoms with Crippen LogP contribution >= 0.6 is 11.6 Å². The Labute approximate surface area is 122 Å². The number of benzene rings is 1. The molecule has 0 spiro atoms. The average Bonchev–Trinajstić information content (AvgIpc) is 2.83. The van der Waals surface area contributed by atoms with Crippen molar-refractivity contribution in [2.75, 3.05) is 0 Å². The first-order chi connectivity index (χ1) is 9.40. The second-order valence-corrected chi connectivity index (χ2v) is 5.97. The van der Waals surface area contributed by atoms with Gasteiger partial charge in [-0.25, -0.2) is 4.39 Å². The van der Waals surface area contributed by atoms with Gasteiger partial charge in [-0.1, -0.05) is 17.7 Å². The van der Waals surface area contributed by atoms with E-state index in [1.54, 1.807) is 16.8 Å². The van der Waals surface area contributed by atoms with Crippen molar-refractivity contribution in [2.45, 2.75) is 31.7 Å². The van der Waals surface area contributed by atoms with E-state index >= 15 is 0 Å². The zero-order valence-corrected chi connectivity index (χ0v) is 12.3. The third-order valence-electron chi connectivity index (χ3n) is 4.21. The molecule has 1 aromatic carbocycles. The average molecular weight is 294 g/mol. The van der Waals surface area contributed by atoms with Gasteiger partial charge in [0.2, 0.25) is 0 Å². The van der Waals surface area contributed by atoms with Gasteiger partial charge in [0.15, 0.2) is 0 Å². The zero-order chi connectivity index (χ0) is 14.5. The molecule has 0 bridgehead atoms. The predicted octanol–water partition coefficient (Wildman–Crippen LogP) is 2.86. The minimum absolute atomic E-state index is 0.205. The second kappa shape index (κ2) is 4.57. The van der Waals surface area contributed by atoms with E-state index < -0.39 is 5.54 Å². The molecule has 1 aliphatic rings. The van der Waals surface area contributed by atoms with Gasteiger partial charge >= 0.3 is 0 Å². The monoisotopic (exact) mass is 293 g/mol. The van der Waals surface area contributed by atoms with E-state index in [-0.39, 0.29) is 5.82 Å². The van der Waals surface area contributed by atoms with Gasteiger partial charge in [0, 0.05) is 18.2 Å². The predicted molar refractivity (Wildman–Crippen MR) is 77.2 cm³/mol. The van der Waals surface area contributed by atoms with Crippen molar-refractivity contribution in [1.82, 2.24) is 9.78 Å². The lowest BCUT2D eigenvalue weighted by Crippen LogP contribution is -2.36. The molecule has 0 radical (unpaired) electrons. The van der Waals surface area contributed by atoms with Crippen molar-refractivity contribution in [2.24, 2.45) is 12.8 Å². The first kappa shape index (κ1) is 13.6. The third-order valence-corrected chi connectivity index (χ3v) is 4.68. The topological polar surface area (TPSA) is 43.8 Å². The number of rotatable bonds is 2. The zero-order valence-electron chi connectivity index (χ0n) is 11.6. The van der Waals surface area contributed by atoms with Crippen molar-refractivity contribution in [3.05, 3.63) is 51.6 Å². The lowest BCUT2D eigenvalue weighted by atomic mass is 9.86. The molecule has 0 saturated carbocycles. The highest BCUT2D eigenvalue weighted by Gasteiger charge is 2.36. The number of nitrogens with two attached hydrogens (primary N) is 1. The maximum absolute atomic E-state index is 13.3. The lowest BCUT2D eigenvalue weighted by molar-refractivity contribution is 0.438. The van der Waals surface area contributed by atoms with E-state index in [0.29, 0.717) is 11.6 Å². The van der Waals surface area contributed by atoms with Crippen molar-refractivity contribution < 1.29 is 4.39 Å². The highest BCUT2D eigenvalue weighted by molar-refractivity contribution is 6.30. The first-order valence-corrected chi connectivity index (χ1v) is 7.04. The Morgan fingerprint density at radius 2 is 2.25 bits per heavy atom. The number of hydrogen-bond donors (Lipinski definition) is 1. The summed E-state index contributed by atoms with van der Waals surface area (Å²) >= 11 is 6.29. The number of aromatic nitrogens is 2. The molecule has 1 atom stereocenters. The Kier molecular flexibility index (Phi) is 3.10. The van der Waals surface area contributed by atoms with E-state index in [1.165, 1.54) is 6.07 Å². The number of halogens is 2. The van der Waals surface area contributed by atoms with Crippen LogP contribution < -0.4 is 5.73 Å². The highest BCUT2D eigenvalue weighted by Crippen LogP contribution is 2.39. The molecule has 0 amide bonds. The van der Waals surface area contributed by atoms with Crippen LogP contribution in [0.4, 0.5) is 4.39 Å². The molecule has 2 aromatic rings. The quantitative estimate of drug-likeness (QED) is 0.925. The van der Waals surface area contributed by atoms with E-state index in [9.17, 15) is 4.39 Å². The summed E-state index contributed by atoms with van der Waals surface area (Å²) in [7, 11) is 1.82. The van der Waals surface area contributed by atoms with Crippen molar-refractivity contribution in [3.63, 3.8) is 0 Å². The molecule has 1 aliphatic carbocycles. The van der Waals surface area contributed by atoms with E-state index in [0.717, 1.165) is 35.2 Å². The summed E-state index contributed by atoms with van der Waals surface area (Å²) in [4.78, 5) is 0. The van der Waals surface area contributed by atoms with Crippen LogP contribution in [0, 0.1) is 12.7 Å². The highest BCUT2D eigenvalue weighted by atomic mass is 35.5. The Morgan fingerprint density at radius 1 is 1.50 bits per heavy atom. The van der Waals surface area contributed by atoms with Crippen LogP contribution in [0.5, 0.6) is 0 Å². The van der Waals surface area contributed by atoms with E-state index in [1.807, 2.05) is 14.0 Å². The molecular weight excluding hydrogens is 277 g/mol. The molecule has 1 unspecified atom stereocenters. The molecular formula is C15H17ClFN3. The Balaban J connectivity index is 2.00. The van der Waals surface area contributed by atoms with Gasteiger partial charge in [-0.05, 0) is 49.4 Å². The largest absolute Gasteiger partial charge is 0.321 e. The van der Waals surface area contributed by atoms with E-state index in [4.69, 9.17) is 17.3 Å². The summed E-state index contributed by atoms with van der Waals surface area (Å²) in [5.74, 6) is -0.205. The third kappa shape index (κ3) is 2.03. The van der Waals surface area contributed by atoms with Gasteiger partial charge in [0.25, 0.3) is 0 Å². The summed E-state index contributed by atoms with van der Waals surface area (Å²) < 4.78 is 15.0. The molecule has 1 aromatic heterocycles. The number of nitrogens with zero attached hydrogens (tertiary/aromatic N) is 2. The molecule has 3 nitrogen and oxygen atoms in total. The SMILES string of the molecule is Cc1nn(C)c(Cl)c1CC1(N)CCc2cc(F)ccc21. The summed E-state index contributed by atoms with van der Waals surface area (Å²) in [5, 5.41) is 4.95. The van der Waals surface area contributed by atoms with Crippen molar-refractivity contribution >= 4 is 11.6 Å². The van der Waals surface area contributed by atoms with Gasteiger partial charge in [-0.2, -0.15) is 5.10 Å². The second-order valence-electron chi connectivity index (χ2n) is 5.61. The fourth-order valence-corrected chi connectivity index (χ4v) is 3.36. The minimum Gasteiger partial charge on any atom is -0.321 e. The molecule has 1 heterocycles. The van der Waals surface area contributed by atoms with Gasteiger partial charge in [-0.3, -0.25) is 4.68 Å². The normalized spacial score (nSPS) is 21.2. The van der Waals surface area contributed by atoms with Gasteiger partial charge in [-0.15, -0.1) is 0 Å². The summed E-state index contributed by atoms with van der Waals surface area (Å²) in [5.41, 5.74) is 10.0. The van der Waals surface area contributed by atoms with Gasteiger partial charge in [0.05, 0.1) is 5.69 Å². The van der Waals surface area contributed by atoms with Gasteiger partial charge in [0.1, 0.15) is 11.0 Å². The van der Waals surface area contributed by atoms with Crippen LogP contribution in [0.15, 0.2) is 18.2 Å². The van der Waals surface area contributed by atoms with Crippen molar-refractivity contribution in [3.8, 4) is 0 Å². The molecule has 20 heavy (non-hydrogen) atoms. The summed E-state index contributed by atoms with van der Waals surface area (Å²) in [6, 6.07) is 4.86. The van der Waals surface area contributed by atoms with Crippen LogP contribution in [0.3, 0.4) is 0 Å². The lowest BCUT2D eigenvalue weighted by Gasteiger charge is -2.25. The van der Waals surface area contributed by atoms with Crippen molar-refractivity contribution in [1.29, 1.82) is 0 Å². The molecule has 2 N–H and O–H groups in total. The molecule has 106 valence electrons. The Morgan fingerprint density at radius 3 is 2.90 bits per heavy atom. The van der Waals surface area contributed by atoms with Crippen LogP contribution in [-0.2, 0) is 25.4 Å². The Hall–Kier alpha value is -1.39. The maximum Gasteiger partial charge on any atom is 0.130 e. The van der Waals surface area contributed by atoms with E-state index in [2.05, 4.69) is 5.10 Å². The molecule has 0 aliphatic heterocycles. The molecule has 0 saturated heterocycles. The fourth-order valence-electron chi connectivity index (χ4n) is 3.12. The standard InChI is InChI=1S/C15H17ClFN3/c1-9-12(14(16)20(2)19-9)8-15(18)6-5-10-7-11(17)3-4-13(10)15/h3-4,7H,5-6,8,18H2,1-2H3. The number of aryl methyl sites for hydroxylation is 3. The van der Waals surface area contributed by atoms with Crippen LogP contribution in [-0.4, -0.2) is 9.78 Å². The molecule has 0 fully saturated rings. The Bertz CT molecular complexity index is 680. The fraction of sp³-hybridized carbons (Fsp3) is 0.400. The summed E-state index contributed by atoms with van der Waals surface area (Å²) in [6.45, 7) is 1.94. The molecule has 3 rings (SSSR count). The number of hydrogen-bond acceptors (Lipinski definition) is 2. The van der Waals surface area contributed by atoms with Gasteiger partial charge < -0.3 is 5.73 Å². The molecule has 5 heteroatoms. The van der Waals surface area contributed by atoms with Crippen LogP contribution in [0.2, 0.25) is 5.15 Å². The first-order valence-electron chi connectivity index (χ1n) is 6.66. The number of fused-ring (bicyclic) bond motifs is 1. The van der Waals surface area contributed by atoms with Crippen LogP contribution in [0.1, 0.15) is 28.8 Å².